The molecule has 0 bridgehead atoms. The zero-order valence-corrected chi connectivity index (χ0v) is 14.0. The van der Waals surface area contributed by atoms with Gasteiger partial charge >= 0.3 is 6.36 Å². The van der Waals surface area contributed by atoms with E-state index in [9.17, 15) is 13.2 Å². The molecule has 1 aliphatic carbocycles. The van der Waals surface area contributed by atoms with Crippen LogP contribution in [0.15, 0.2) is 48.5 Å². The Kier molecular flexibility index (Phi) is 5.51. The van der Waals surface area contributed by atoms with Gasteiger partial charge in [-0.1, -0.05) is 43.5 Å². The lowest BCUT2D eigenvalue weighted by molar-refractivity contribution is -0.274. The van der Waals surface area contributed by atoms with E-state index in [2.05, 4.69) is 10.1 Å². The number of rotatable bonds is 5. The number of hydrogen-bond acceptors (Lipinski definition) is 2. The maximum atomic E-state index is 12.2. The fraction of sp³-hybridized carbons (Fsp3) is 0.400. The van der Waals surface area contributed by atoms with Crippen LogP contribution < -0.4 is 10.1 Å². The molecule has 25 heavy (non-hydrogen) atoms. The van der Waals surface area contributed by atoms with Gasteiger partial charge in [0.1, 0.15) is 5.75 Å². The quantitative estimate of drug-likeness (QED) is 0.689. The first kappa shape index (κ1) is 17.6. The molecule has 0 amide bonds. The molecule has 0 aliphatic heterocycles. The number of halogens is 3. The first-order chi connectivity index (χ1) is 12.0. The molecule has 0 spiro atoms. The predicted octanol–water partition coefficient (Wildman–Crippen LogP) is 6.24. The number of alkyl halides is 3. The van der Waals surface area contributed by atoms with Crippen LogP contribution in [0.4, 0.5) is 18.9 Å². The Morgan fingerprint density at radius 2 is 1.40 bits per heavy atom. The SMILES string of the molecule is FC(F)(F)Oc1ccc(-c2ccc(NCC3CCCCC3)cc2)cc1. The van der Waals surface area contributed by atoms with Gasteiger partial charge < -0.3 is 10.1 Å². The molecule has 1 N–H and O–H groups in total. The van der Waals surface area contributed by atoms with Gasteiger partial charge in [0, 0.05) is 12.2 Å². The maximum Gasteiger partial charge on any atom is 0.573 e. The van der Waals surface area contributed by atoms with E-state index in [0.717, 1.165) is 29.3 Å². The second kappa shape index (κ2) is 7.81. The van der Waals surface area contributed by atoms with Crippen molar-refractivity contribution >= 4 is 5.69 Å². The van der Waals surface area contributed by atoms with Crippen LogP contribution in [0.3, 0.4) is 0 Å². The average molecular weight is 349 g/mol. The lowest BCUT2D eigenvalue weighted by Crippen LogP contribution is -2.17. The van der Waals surface area contributed by atoms with Crippen LogP contribution in [0, 0.1) is 5.92 Å². The summed E-state index contributed by atoms with van der Waals surface area (Å²) in [6.45, 7) is 1.00. The third kappa shape index (κ3) is 5.41. The van der Waals surface area contributed by atoms with Crippen molar-refractivity contribution < 1.29 is 17.9 Å². The summed E-state index contributed by atoms with van der Waals surface area (Å²) in [5, 5.41) is 3.48. The van der Waals surface area contributed by atoms with Crippen molar-refractivity contribution in [3.63, 3.8) is 0 Å². The van der Waals surface area contributed by atoms with Crippen molar-refractivity contribution in [1.82, 2.24) is 0 Å². The summed E-state index contributed by atoms with van der Waals surface area (Å²) >= 11 is 0. The van der Waals surface area contributed by atoms with E-state index in [0.29, 0.717) is 0 Å². The number of benzene rings is 2. The van der Waals surface area contributed by atoms with Crippen molar-refractivity contribution in [3.8, 4) is 16.9 Å². The second-order valence-electron chi connectivity index (χ2n) is 6.53. The summed E-state index contributed by atoms with van der Waals surface area (Å²) in [4.78, 5) is 0. The highest BCUT2D eigenvalue weighted by Crippen LogP contribution is 2.28. The number of hydrogen-bond donors (Lipinski definition) is 1. The zero-order valence-electron chi connectivity index (χ0n) is 14.0. The highest BCUT2D eigenvalue weighted by Gasteiger charge is 2.30. The van der Waals surface area contributed by atoms with Crippen molar-refractivity contribution in [2.45, 2.75) is 38.5 Å². The monoisotopic (exact) mass is 349 g/mol. The number of ether oxygens (including phenoxy) is 1. The van der Waals surface area contributed by atoms with Gasteiger partial charge in [-0.05, 0) is 54.2 Å². The van der Waals surface area contributed by atoms with E-state index in [1.54, 1.807) is 12.1 Å². The molecule has 2 nitrogen and oxygen atoms in total. The molecular formula is C20H22F3NO. The first-order valence-corrected chi connectivity index (χ1v) is 8.70. The summed E-state index contributed by atoms with van der Waals surface area (Å²) in [6, 6.07) is 13.9. The van der Waals surface area contributed by atoms with E-state index in [-0.39, 0.29) is 5.75 Å². The smallest absolute Gasteiger partial charge is 0.406 e. The van der Waals surface area contributed by atoms with Crippen LogP contribution in [0.5, 0.6) is 5.75 Å². The van der Waals surface area contributed by atoms with Crippen LogP contribution >= 0.6 is 0 Å². The first-order valence-electron chi connectivity index (χ1n) is 8.70. The molecule has 1 saturated carbocycles. The van der Waals surface area contributed by atoms with Crippen LogP contribution in [-0.2, 0) is 0 Å². The van der Waals surface area contributed by atoms with Gasteiger partial charge in [0.2, 0.25) is 0 Å². The minimum atomic E-state index is -4.66. The topological polar surface area (TPSA) is 21.3 Å². The number of anilines is 1. The molecular weight excluding hydrogens is 327 g/mol. The Labute approximate surface area is 146 Å². The van der Waals surface area contributed by atoms with E-state index in [4.69, 9.17) is 0 Å². The predicted molar refractivity (Wildman–Crippen MR) is 93.6 cm³/mol. The molecule has 0 saturated heterocycles. The highest BCUT2D eigenvalue weighted by atomic mass is 19.4. The van der Waals surface area contributed by atoms with Crippen molar-refractivity contribution in [3.05, 3.63) is 48.5 Å². The standard InChI is InChI=1S/C20H22F3NO/c21-20(22,23)25-19-12-8-17(9-13-19)16-6-10-18(11-7-16)24-14-15-4-2-1-3-5-15/h6-13,15,24H,1-5,14H2. The maximum absolute atomic E-state index is 12.2. The molecule has 0 heterocycles. The van der Waals surface area contributed by atoms with Gasteiger partial charge in [0.05, 0.1) is 0 Å². The minimum absolute atomic E-state index is 0.206. The van der Waals surface area contributed by atoms with Crippen LogP contribution in [0.1, 0.15) is 32.1 Å². The molecule has 0 radical (unpaired) electrons. The summed E-state index contributed by atoms with van der Waals surface area (Å²) in [5.74, 6) is 0.552. The fourth-order valence-corrected chi connectivity index (χ4v) is 3.28. The summed E-state index contributed by atoms with van der Waals surface area (Å²) in [7, 11) is 0. The zero-order chi connectivity index (χ0) is 17.7. The van der Waals surface area contributed by atoms with Crippen LogP contribution in [0.25, 0.3) is 11.1 Å². The molecule has 1 aliphatic rings. The second-order valence-corrected chi connectivity index (χ2v) is 6.53. The van der Waals surface area contributed by atoms with Crippen LogP contribution in [-0.4, -0.2) is 12.9 Å². The Hall–Kier alpha value is -2.17. The Bertz CT molecular complexity index is 659. The van der Waals surface area contributed by atoms with Gasteiger partial charge in [-0.25, -0.2) is 0 Å². The largest absolute Gasteiger partial charge is 0.573 e. The van der Waals surface area contributed by atoms with E-state index in [1.807, 2.05) is 24.3 Å². The van der Waals surface area contributed by atoms with Gasteiger partial charge in [-0.15, -0.1) is 13.2 Å². The summed E-state index contributed by atoms with van der Waals surface area (Å²) in [6.07, 6.45) is 1.97. The van der Waals surface area contributed by atoms with E-state index >= 15 is 0 Å². The van der Waals surface area contributed by atoms with Crippen molar-refractivity contribution in [2.75, 3.05) is 11.9 Å². The molecule has 5 heteroatoms. The van der Waals surface area contributed by atoms with Gasteiger partial charge in [0.15, 0.2) is 0 Å². The molecule has 1 fully saturated rings. The molecule has 2 aromatic carbocycles. The third-order valence-corrected chi connectivity index (χ3v) is 4.63. The molecule has 134 valence electrons. The van der Waals surface area contributed by atoms with Gasteiger partial charge in [-0.2, -0.15) is 0 Å². The van der Waals surface area contributed by atoms with Crippen molar-refractivity contribution in [2.24, 2.45) is 5.92 Å². The van der Waals surface area contributed by atoms with Crippen molar-refractivity contribution in [1.29, 1.82) is 0 Å². The molecule has 0 atom stereocenters. The minimum Gasteiger partial charge on any atom is -0.406 e. The average Bonchev–Trinajstić information content (AvgIpc) is 2.61. The highest BCUT2D eigenvalue weighted by molar-refractivity contribution is 5.66. The normalized spacial score (nSPS) is 15.8. The van der Waals surface area contributed by atoms with E-state index in [1.165, 1.54) is 44.2 Å². The molecule has 0 unspecified atom stereocenters. The van der Waals surface area contributed by atoms with E-state index < -0.39 is 6.36 Å². The Morgan fingerprint density at radius 3 is 1.96 bits per heavy atom. The summed E-state index contributed by atoms with van der Waals surface area (Å²) < 4.78 is 40.5. The molecule has 3 rings (SSSR count). The molecule has 0 aromatic heterocycles. The lowest BCUT2D eigenvalue weighted by atomic mass is 9.89. The Balaban J connectivity index is 1.58. The van der Waals surface area contributed by atoms with Gasteiger partial charge in [-0.3, -0.25) is 0 Å². The van der Waals surface area contributed by atoms with Crippen LogP contribution in [0.2, 0.25) is 0 Å². The number of nitrogens with one attached hydrogen (secondary N) is 1. The Morgan fingerprint density at radius 1 is 0.840 bits per heavy atom. The molecule has 2 aromatic rings. The fourth-order valence-electron chi connectivity index (χ4n) is 3.28. The summed E-state index contributed by atoms with van der Waals surface area (Å²) in [5.41, 5.74) is 2.89. The van der Waals surface area contributed by atoms with Gasteiger partial charge in [0.25, 0.3) is 0 Å². The third-order valence-electron chi connectivity index (χ3n) is 4.63. The lowest BCUT2D eigenvalue weighted by Gasteiger charge is -2.22.